The molecule has 16 heavy (non-hydrogen) atoms. The molecule has 0 saturated heterocycles. The van der Waals surface area contributed by atoms with Crippen molar-refractivity contribution < 1.29 is 8.12 Å². The Hall–Kier alpha value is 0.0682. The van der Waals surface area contributed by atoms with Crippen LogP contribution in [-0.4, -0.2) is 33.1 Å². The van der Waals surface area contributed by atoms with E-state index in [0.717, 1.165) is 14.5 Å². The number of fused-ring (bicyclic) bond motifs is 1. The van der Waals surface area contributed by atoms with Gasteiger partial charge in [-0.1, -0.05) is 11.6 Å². The van der Waals surface area contributed by atoms with Gasteiger partial charge in [-0.3, -0.25) is 4.98 Å². The summed E-state index contributed by atoms with van der Waals surface area (Å²) < 4.78 is 9.06. The summed E-state index contributed by atoms with van der Waals surface area (Å²) in [5, 5.41) is 11.3. The summed E-state index contributed by atoms with van der Waals surface area (Å²) in [5.74, 6) is 0.211. The van der Waals surface area contributed by atoms with E-state index in [1.807, 2.05) is 13.0 Å². The minimum absolute atomic E-state index is 0.211. The fourth-order valence-corrected chi connectivity index (χ4v) is 2.28. The van der Waals surface area contributed by atoms with Crippen molar-refractivity contribution >= 4 is 68.1 Å². The van der Waals surface area contributed by atoms with E-state index >= 15 is 0 Å². The molecule has 6 heteroatoms. The van der Waals surface area contributed by atoms with E-state index in [1.165, 1.54) is 0 Å². The molecule has 0 saturated carbocycles. The normalized spacial score (nSPS) is 9.69. The van der Waals surface area contributed by atoms with Crippen LogP contribution in [0.2, 0.25) is 5.02 Å². The monoisotopic (exact) mass is 456 g/mol. The molecule has 1 aromatic carbocycles. The summed E-state index contributed by atoms with van der Waals surface area (Å²) in [5.41, 5.74) is 1.46. The molecule has 1 heterocycles. The molecule has 3 nitrogen and oxygen atoms in total. The predicted octanol–water partition coefficient (Wildman–Crippen LogP) is 3.01. The third kappa shape index (κ3) is 2.49. The molecule has 0 fully saturated rings. The molecule has 0 atom stereocenters. The fourth-order valence-electron chi connectivity index (χ4n) is 1.35. The Balaban J connectivity index is 0.000000606. The number of phenolic OH excluding ortho intramolecular Hbond substituents is 1. The second-order valence-corrected chi connectivity index (χ2v) is 4.46. The average molecular weight is 457 g/mol. The number of nitrogens with zero attached hydrogens (tertiary/aromatic N) is 1. The summed E-state index contributed by atoms with van der Waals surface area (Å²) in [7, 11) is 0. The van der Waals surface area contributed by atoms with E-state index in [9.17, 15) is 5.11 Å². The van der Waals surface area contributed by atoms with Gasteiger partial charge in [0.1, 0.15) is 5.52 Å². The van der Waals surface area contributed by atoms with Gasteiger partial charge < -0.3 is 5.11 Å². The van der Waals surface area contributed by atoms with Crippen LogP contribution in [0.5, 0.6) is 5.75 Å². The van der Waals surface area contributed by atoms with Gasteiger partial charge in [-0.05, 0) is 47.2 Å². The molecule has 2 rings (SSSR count). The summed E-state index contributed by atoms with van der Waals surface area (Å²) in [6.07, 6.45) is 1.64. The second-order valence-electron chi connectivity index (χ2n) is 3.00. The summed E-state index contributed by atoms with van der Waals surface area (Å²) in [6, 6.07) is 3.66. The molecule has 1 radical (unpaired) electrons. The van der Waals surface area contributed by atoms with Crippen LogP contribution in [-0.2, 0) is 3.02 Å². The van der Waals surface area contributed by atoms with E-state index in [1.54, 1.807) is 12.3 Å². The molecule has 0 aliphatic carbocycles. The standard InChI is InChI=1S/C10H7ClINO.O.Sb/c1-5-7(11)6-3-2-4-13-9(6)10(14)8(5)12;;/h2-4,14H,1H3;;. The first kappa shape index (κ1) is 14.1. The first-order valence-electron chi connectivity index (χ1n) is 4.22. The van der Waals surface area contributed by atoms with Crippen LogP contribution in [0, 0.1) is 10.5 Å². The first-order valence-corrected chi connectivity index (χ1v) is 6.72. The quantitative estimate of drug-likeness (QED) is 0.489. The molecule has 1 aromatic heterocycles. The molecule has 0 aliphatic heterocycles. The van der Waals surface area contributed by atoms with E-state index in [2.05, 4.69) is 27.6 Å². The van der Waals surface area contributed by atoms with Crippen molar-refractivity contribution in [3.63, 3.8) is 0 Å². The van der Waals surface area contributed by atoms with E-state index < -0.39 is 0 Å². The molecule has 0 aliphatic rings. The number of aromatic nitrogens is 1. The number of pyridine rings is 1. The van der Waals surface area contributed by atoms with Crippen LogP contribution in [0.15, 0.2) is 18.3 Å². The molecule has 0 spiro atoms. The Morgan fingerprint density at radius 1 is 1.50 bits per heavy atom. The molecule has 2 aromatic rings. The van der Waals surface area contributed by atoms with E-state index in [0.29, 0.717) is 33.6 Å². The molecular weight excluding hydrogens is 450 g/mol. The van der Waals surface area contributed by atoms with Crippen LogP contribution >= 0.6 is 34.2 Å². The maximum absolute atomic E-state index is 9.83. The van der Waals surface area contributed by atoms with Gasteiger partial charge in [0.25, 0.3) is 0 Å². The third-order valence-corrected chi connectivity index (χ3v) is 3.94. The molecule has 0 amide bonds. The number of halogens is 2. The number of hydrogen-bond acceptors (Lipinski definition) is 3. The molecular formula is C10H7ClINO2Sb. The first-order chi connectivity index (χ1) is 7.63. The zero-order valence-electron chi connectivity index (χ0n) is 8.24. The van der Waals surface area contributed by atoms with Crippen LogP contribution in [0.3, 0.4) is 0 Å². The molecule has 0 unspecified atom stereocenters. The van der Waals surface area contributed by atoms with Gasteiger partial charge in [0.2, 0.25) is 0 Å². The number of aromatic hydroxyl groups is 1. The van der Waals surface area contributed by atoms with Crippen LogP contribution in [0.25, 0.3) is 10.9 Å². The van der Waals surface area contributed by atoms with Gasteiger partial charge in [-0.2, -0.15) is 0 Å². The van der Waals surface area contributed by atoms with Crippen molar-refractivity contribution in [1.82, 2.24) is 4.98 Å². The van der Waals surface area contributed by atoms with Crippen molar-refractivity contribution in [3.05, 3.63) is 32.5 Å². The van der Waals surface area contributed by atoms with Gasteiger partial charge in [0, 0.05) is 11.6 Å². The second kappa shape index (κ2) is 6.12. The minimum atomic E-state index is 0.211. The van der Waals surface area contributed by atoms with Crippen molar-refractivity contribution in [1.29, 1.82) is 0 Å². The zero-order valence-corrected chi connectivity index (χ0v) is 13.7. The van der Waals surface area contributed by atoms with Crippen molar-refractivity contribution in [3.8, 4) is 5.75 Å². The summed E-state index contributed by atoms with van der Waals surface area (Å²) >= 11 is 8.72. The number of hydrogen-bond donors (Lipinski definition) is 1. The Bertz CT molecular complexity index is 489. The van der Waals surface area contributed by atoms with Crippen LogP contribution in [0.1, 0.15) is 5.56 Å². The van der Waals surface area contributed by atoms with Gasteiger partial charge in [-0.15, -0.1) is 0 Å². The van der Waals surface area contributed by atoms with Crippen LogP contribution in [0.4, 0.5) is 0 Å². The average Bonchev–Trinajstić information content (AvgIpc) is 2.36. The van der Waals surface area contributed by atoms with Crippen molar-refractivity contribution in [2.45, 2.75) is 6.92 Å². The SMILES string of the molecule is Cc1c(I)c(O)c2ncccc2c1Cl.[O]=[Sb]. The number of phenols is 1. The molecule has 83 valence electrons. The van der Waals surface area contributed by atoms with Gasteiger partial charge in [0.15, 0.2) is 5.75 Å². The fraction of sp³-hybridized carbons (Fsp3) is 0.100. The Labute approximate surface area is 125 Å². The van der Waals surface area contributed by atoms with E-state index in [4.69, 9.17) is 14.6 Å². The number of benzene rings is 1. The molecule has 1 N–H and O–H groups in total. The Kier molecular flexibility index (Phi) is 5.41. The van der Waals surface area contributed by atoms with Gasteiger partial charge in [-0.25, -0.2) is 0 Å². The maximum atomic E-state index is 9.83. The van der Waals surface area contributed by atoms with Gasteiger partial charge >= 0.3 is 26.0 Å². The van der Waals surface area contributed by atoms with Crippen molar-refractivity contribution in [2.24, 2.45) is 0 Å². The summed E-state index contributed by atoms with van der Waals surface area (Å²) in [4.78, 5) is 4.10. The predicted molar refractivity (Wildman–Crippen MR) is 72.3 cm³/mol. The third-order valence-electron chi connectivity index (χ3n) is 2.13. The van der Waals surface area contributed by atoms with Crippen molar-refractivity contribution in [2.75, 3.05) is 0 Å². The Morgan fingerprint density at radius 3 is 2.75 bits per heavy atom. The topological polar surface area (TPSA) is 50.2 Å². The number of rotatable bonds is 0. The van der Waals surface area contributed by atoms with E-state index in [-0.39, 0.29) is 5.75 Å². The van der Waals surface area contributed by atoms with Gasteiger partial charge in [0.05, 0.1) is 8.59 Å². The molecule has 0 bridgehead atoms. The van der Waals surface area contributed by atoms with Crippen LogP contribution < -0.4 is 0 Å². The zero-order chi connectivity index (χ0) is 12.3. The summed E-state index contributed by atoms with van der Waals surface area (Å²) in [6.45, 7) is 1.89. The Morgan fingerprint density at radius 2 is 2.12 bits per heavy atom.